The second kappa shape index (κ2) is 3.91. The summed E-state index contributed by atoms with van der Waals surface area (Å²) in [7, 11) is 0. The van der Waals surface area contributed by atoms with Gasteiger partial charge in [-0.15, -0.1) is 0 Å². The van der Waals surface area contributed by atoms with Crippen LogP contribution < -0.4 is 4.90 Å². The Hall–Kier alpha value is -1.23. The van der Waals surface area contributed by atoms with E-state index < -0.39 is 17.3 Å². The molecule has 1 atom stereocenters. The molecule has 1 aliphatic rings. The van der Waals surface area contributed by atoms with Gasteiger partial charge in [0.15, 0.2) is 0 Å². The van der Waals surface area contributed by atoms with Crippen LogP contribution in [-0.2, 0) is 6.18 Å². The number of nitrogens with zero attached hydrogens (tertiary/aromatic N) is 1. The fraction of sp³-hybridized carbons (Fsp3) is 0.500. The molecule has 1 aliphatic heterocycles. The van der Waals surface area contributed by atoms with E-state index in [9.17, 15) is 18.3 Å². The number of hydrogen-bond acceptors (Lipinski definition) is 2. The van der Waals surface area contributed by atoms with Gasteiger partial charge in [0.1, 0.15) is 0 Å². The molecule has 2 rings (SSSR count). The number of β-amino-alcohol motifs (C(OH)–C–C–N with tert-alkyl or cyclic N) is 1. The smallest absolute Gasteiger partial charge is 0.388 e. The lowest BCUT2D eigenvalue weighted by atomic mass is 10.1. The van der Waals surface area contributed by atoms with Crippen molar-refractivity contribution in [2.24, 2.45) is 0 Å². The monoisotopic (exact) mass is 245 g/mol. The summed E-state index contributed by atoms with van der Waals surface area (Å²) in [4.78, 5) is 1.59. The maximum atomic E-state index is 12.8. The van der Waals surface area contributed by atoms with E-state index >= 15 is 0 Å². The summed E-state index contributed by atoms with van der Waals surface area (Å²) in [6, 6.07) is 5.48. The lowest BCUT2D eigenvalue weighted by Crippen LogP contribution is -2.30. The maximum absolute atomic E-state index is 12.8. The molecule has 1 unspecified atom stereocenters. The van der Waals surface area contributed by atoms with Gasteiger partial charge >= 0.3 is 6.18 Å². The molecule has 1 saturated heterocycles. The number of aliphatic hydroxyl groups is 1. The molecule has 1 fully saturated rings. The molecule has 17 heavy (non-hydrogen) atoms. The maximum Gasteiger partial charge on any atom is 0.418 e. The Morgan fingerprint density at radius 2 is 1.94 bits per heavy atom. The van der Waals surface area contributed by atoms with Crippen molar-refractivity contribution in [3.05, 3.63) is 29.8 Å². The predicted molar refractivity (Wildman–Crippen MR) is 58.9 cm³/mol. The molecule has 1 N–H and O–H groups in total. The fourth-order valence-corrected chi connectivity index (χ4v) is 2.14. The molecule has 1 heterocycles. The third-order valence-corrected chi connectivity index (χ3v) is 3.00. The molecule has 1 aromatic carbocycles. The average Bonchev–Trinajstić information content (AvgIpc) is 2.58. The van der Waals surface area contributed by atoms with Crippen LogP contribution in [0.2, 0.25) is 0 Å². The van der Waals surface area contributed by atoms with Gasteiger partial charge in [-0.1, -0.05) is 12.1 Å². The Kier molecular flexibility index (Phi) is 2.81. The third kappa shape index (κ3) is 2.54. The topological polar surface area (TPSA) is 23.5 Å². The van der Waals surface area contributed by atoms with Gasteiger partial charge in [0, 0.05) is 18.8 Å². The van der Waals surface area contributed by atoms with E-state index in [2.05, 4.69) is 0 Å². The van der Waals surface area contributed by atoms with Gasteiger partial charge in [0.25, 0.3) is 0 Å². The van der Waals surface area contributed by atoms with Crippen molar-refractivity contribution in [1.29, 1.82) is 0 Å². The molecule has 2 nitrogen and oxygen atoms in total. The highest BCUT2D eigenvalue weighted by atomic mass is 19.4. The van der Waals surface area contributed by atoms with Crippen LogP contribution in [-0.4, -0.2) is 23.8 Å². The number of hydrogen-bond donors (Lipinski definition) is 1. The number of alkyl halides is 3. The number of halogens is 3. The van der Waals surface area contributed by atoms with Crippen molar-refractivity contribution in [1.82, 2.24) is 0 Å². The first-order valence-electron chi connectivity index (χ1n) is 5.43. The quantitative estimate of drug-likeness (QED) is 0.822. The minimum atomic E-state index is -4.36. The standard InChI is InChI=1S/C12H14F3NO/c1-11(17)6-7-16(8-11)10-5-3-2-4-9(10)12(13,14)15/h2-5,17H,6-8H2,1H3. The van der Waals surface area contributed by atoms with Gasteiger partial charge in [-0.05, 0) is 25.5 Å². The predicted octanol–water partition coefficient (Wildman–Crippen LogP) is 2.67. The molecule has 0 aliphatic carbocycles. The number of anilines is 1. The first kappa shape index (κ1) is 12.2. The van der Waals surface area contributed by atoms with Crippen LogP contribution in [0, 0.1) is 0 Å². The lowest BCUT2D eigenvalue weighted by molar-refractivity contribution is -0.137. The highest BCUT2D eigenvalue weighted by molar-refractivity contribution is 5.56. The van der Waals surface area contributed by atoms with Gasteiger partial charge < -0.3 is 10.0 Å². The minimum absolute atomic E-state index is 0.151. The van der Waals surface area contributed by atoms with E-state index in [1.807, 2.05) is 0 Å². The summed E-state index contributed by atoms with van der Waals surface area (Å²) in [6.45, 7) is 2.32. The number of rotatable bonds is 1. The average molecular weight is 245 g/mol. The largest absolute Gasteiger partial charge is 0.418 e. The number of para-hydroxylation sites is 1. The van der Waals surface area contributed by atoms with Crippen LogP contribution in [0.1, 0.15) is 18.9 Å². The highest BCUT2D eigenvalue weighted by Gasteiger charge is 2.38. The molecule has 94 valence electrons. The molecule has 0 aromatic heterocycles. The molecule has 0 radical (unpaired) electrons. The first-order valence-corrected chi connectivity index (χ1v) is 5.43. The van der Waals surface area contributed by atoms with Crippen LogP contribution in [0.15, 0.2) is 24.3 Å². The van der Waals surface area contributed by atoms with Gasteiger partial charge in [-0.25, -0.2) is 0 Å². The van der Waals surface area contributed by atoms with Gasteiger partial charge in [0.2, 0.25) is 0 Å². The van der Waals surface area contributed by atoms with Crippen LogP contribution >= 0.6 is 0 Å². The van der Waals surface area contributed by atoms with Gasteiger partial charge in [0.05, 0.1) is 11.2 Å². The normalized spacial score (nSPS) is 25.4. The van der Waals surface area contributed by atoms with Crippen molar-refractivity contribution in [2.75, 3.05) is 18.0 Å². The van der Waals surface area contributed by atoms with E-state index in [0.29, 0.717) is 13.0 Å². The number of benzene rings is 1. The van der Waals surface area contributed by atoms with Crippen molar-refractivity contribution in [2.45, 2.75) is 25.1 Å². The minimum Gasteiger partial charge on any atom is -0.388 e. The molecule has 5 heteroatoms. The Labute approximate surface area is 97.7 Å². The summed E-state index contributed by atoms with van der Waals surface area (Å²) < 4.78 is 38.4. The lowest BCUT2D eigenvalue weighted by Gasteiger charge is -2.24. The summed E-state index contributed by atoms with van der Waals surface area (Å²) in [5, 5.41) is 9.80. The summed E-state index contributed by atoms with van der Waals surface area (Å²) in [5.74, 6) is 0. The fourth-order valence-electron chi connectivity index (χ4n) is 2.14. The molecule has 0 amide bonds. The summed E-state index contributed by atoms with van der Waals surface area (Å²) in [5.41, 5.74) is -1.39. The SMILES string of the molecule is CC1(O)CCN(c2ccccc2C(F)(F)F)C1. The van der Waals surface area contributed by atoms with E-state index in [4.69, 9.17) is 0 Å². The van der Waals surface area contributed by atoms with Gasteiger partial charge in [-0.3, -0.25) is 0 Å². The molecule has 0 saturated carbocycles. The molecule has 1 aromatic rings. The molecule has 0 spiro atoms. The zero-order chi connectivity index (χ0) is 12.7. The molecular formula is C12H14F3NO. The van der Waals surface area contributed by atoms with E-state index in [-0.39, 0.29) is 12.2 Å². The van der Waals surface area contributed by atoms with E-state index in [1.54, 1.807) is 17.9 Å². The van der Waals surface area contributed by atoms with E-state index in [0.717, 1.165) is 6.07 Å². The second-order valence-corrected chi connectivity index (χ2v) is 4.68. The van der Waals surface area contributed by atoms with E-state index in [1.165, 1.54) is 12.1 Å². The Balaban J connectivity index is 2.34. The van der Waals surface area contributed by atoms with Crippen molar-refractivity contribution >= 4 is 5.69 Å². The second-order valence-electron chi connectivity index (χ2n) is 4.68. The van der Waals surface area contributed by atoms with Crippen LogP contribution in [0.4, 0.5) is 18.9 Å². The zero-order valence-corrected chi connectivity index (χ0v) is 9.46. The van der Waals surface area contributed by atoms with Crippen molar-refractivity contribution in [3.63, 3.8) is 0 Å². The van der Waals surface area contributed by atoms with Crippen LogP contribution in [0.25, 0.3) is 0 Å². The van der Waals surface area contributed by atoms with Crippen LogP contribution in [0.5, 0.6) is 0 Å². The summed E-state index contributed by atoms with van der Waals surface area (Å²) >= 11 is 0. The first-order chi connectivity index (χ1) is 7.80. The Morgan fingerprint density at radius 1 is 1.29 bits per heavy atom. The van der Waals surface area contributed by atoms with Crippen LogP contribution in [0.3, 0.4) is 0 Å². The van der Waals surface area contributed by atoms with Gasteiger partial charge in [-0.2, -0.15) is 13.2 Å². The Morgan fingerprint density at radius 3 is 2.47 bits per heavy atom. The molecular weight excluding hydrogens is 231 g/mol. The highest BCUT2D eigenvalue weighted by Crippen LogP contribution is 2.38. The zero-order valence-electron chi connectivity index (χ0n) is 9.46. The molecule has 0 bridgehead atoms. The van der Waals surface area contributed by atoms with Crippen molar-refractivity contribution < 1.29 is 18.3 Å². The summed E-state index contributed by atoms with van der Waals surface area (Å²) in [6.07, 6.45) is -3.87. The van der Waals surface area contributed by atoms with Crippen molar-refractivity contribution in [3.8, 4) is 0 Å². The Bertz CT molecular complexity index is 414. The third-order valence-electron chi connectivity index (χ3n) is 3.00.